The van der Waals surface area contributed by atoms with Crippen LogP contribution in [0.1, 0.15) is 0 Å². The third-order valence-corrected chi connectivity index (χ3v) is 2.76. The van der Waals surface area contributed by atoms with Crippen molar-refractivity contribution in [1.82, 2.24) is 10.2 Å². The second kappa shape index (κ2) is 5.49. The van der Waals surface area contributed by atoms with Crippen LogP contribution >= 0.6 is 11.8 Å². The second-order valence-electron chi connectivity index (χ2n) is 3.10. The van der Waals surface area contributed by atoms with Crippen LogP contribution in [0.3, 0.4) is 0 Å². The molecule has 1 aromatic carbocycles. The zero-order valence-electron chi connectivity index (χ0n) is 9.12. The van der Waals surface area contributed by atoms with Crippen LogP contribution in [0.25, 0.3) is 11.5 Å². The highest BCUT2D eigenvalue weighted by molar-refractivity contribution is 7.99. The minimum Gasteiger partial charge on any atom is -0.468 e. The minimum atomic E-state index is -0.325. The molecular formula is C11H10N2O3S. The van der Waals surface area contributed by atoms with E-state index in [4.69, 9.17) is 4.42 Å². The standard InChI is InChI=1S/C11H10N2O3S/c1-15-9(14)7-17-11-13-12-10(16-11)8-5-3-2-4-6-8/h2-6H,7H2,1H3. The summed E-state index contributed by atoms with van der Waals surface area (Å²) < 4.78 is 9.91. The molecule has 0 aliphatic rings. The number of rotatable bonds is 4. The topological polar surface area (TPSA) is 65.2 Å². The van der Waals surface area contributed by atoms with Crippen LogP contribution in [-0.2, 0) is 9.53 Å². The molecule has 2 aromatic rings. The fourth-order valence-corrected chi connectivity index (χ4v) is 1.74. The molecule has 0 amide bonds. The number of thioether (sulfide) groups is 1. The molecule has 0 aliphatic carbocycles. The number of hydrogen-bond acceptors (Lipinski definition) is 6. The van der Waals surface area contributed by atoms with E-state index in [9.17, 15) is 4.79 Å². The monoisotopic (exact) mass is 250 g/mol. The van der Waals surface area contributed by atoms with E-state index in [1.165, 1.54) is 7.11 Å². The molecule has 88 valence electrons. The van der Waals surface area contributed by atoms with Crippen LogP contribution in [0.5, 0.6) is 0 Å². The lowest BCUT2D eigenvalue weighted by molar-refractivity contribution is -0.137. The number of carbonyl (C=O) groups excluding carboxylic acids is 1. The largest absolute Gasteiger partial charge is 0.468 e. The zero-order valence-corrected chi connectivity index (χ0v) is 9.94. The Balaban J connectivity index is 2.04. The van der Waals surface area contributed by atoms with E-state index in [0.717, 1.165) is 17.3 Å². The number of hydrogen-bond donors (Lipinski definition) is 0. The van der Waals surface area contributed by atoms with E-state index in [1.54, 1.807) is 0 Å². The second-order valence-corrected chi connectivity index (χ2v) is 4.03. The van der Waals surface area contributed by atoms with Crippen molar-refractivity contribution in [1.29, 1.82) is 0 Å². The van der Waals surface area contributed by atoms with Gasteiger partial charge in [-0.25, -0.2) is 0 Å². The molecule has 0 unspecified atom stereocenters. The summed E-state index contributed by atoms with van der Waals surface area (Å²) in [5.74, 6) is 0.278. The summed E-state index contributed by atoms with van der Waals surface area (Å²) >= 11 is 1.15. The maximum atomic E-state index is 10.9. The molecule has 17 heavy (non-hydrogen) atoms. The molecule has 0 atom stereocenters. The lowest BCUT2D eigenvalue weighted by Crippen LogP contribution is -2.02. The summed E-state index contributed by atoms with van der Waals surface area (Å²) in [6, 6.07) is 9.44. The summed E-state index contributed by atoms with van der Waals surface area (Å²) in [7, 11) is 1.34. The minimum absolute atomic E-state index is 0.160. The smallest absolute Gasteiger partial charge is 0.316 e. The van der Waals surface area contributed by atoms with Crippen molar-refractivity contribution in [3.05, 3.63) is 30.3 Å². The SMILES string of the molecule is COC(=O)CSc1nnc(-c2ccccc2)o1. The fraction of sp³-hybridized carbons (Fsp3) is 0.182. The quantitative estimate of drug-likeness (QED) is 0.611. The summed E-state index contributed by atoms with van der Waals surface area (Å²) in [6.07, 6.45) is 0. The Labute approximate surface area is 102 Å². The van der Waals surface area contributed by atoms with E-state index in [0.29, 0.717) is 11.1 Å². The van der Waals surface area contributed by atoms with E-state index in [1.807, 2.05) is 30.3 Å². The summed E-state index contributed by atoms with van der Waals surface area (Å²) in [4.78, 5) is 10.9. The van der Waals surface area contributed by atoms with Crippen molar-refractivity contribution >= 4 is 17.7 Å². The fourth-order valence-electron chi connectivity index (χ4n) is 1.15. The third kappa shape index (κ3) is 3.07. The summed E-state index contributed by atoms with van der Waals surface area (Å²) in [6.45, 7) is 0. The predicted octanol–water partition coefficient (Wildman–Crippen LogP) is 2.00. The van der Waals surface area contributed by atoms with Crippen molar-refractivity contribution < 1.29 is 13.9 Å². The van der Waals surface area contributed by atoms with Gasteiger partial charge in [0.1, 0.15) is 5.75 Å². The number of nitrogens with zero attached hydrogens (tertiary/aromatic N) is 2. The molecule has 0 saturated heterocycles. The van der Waals surface area contributed by atoms with Crippen LogP contribution in [0.15, 0.2) is 40.0 Å². The van der Waals surface area contributed by atoms with Crippen molar-refractivity contribution in [2.75, 3.05) is 12.9 Å². The Morgan fingerprint density at radius 3 is 2.82 bits per heavy atom. The first-order valence-corrected chi connectivity index (χ1v) is 5.86. The normalized spacial score (nSPS) is 10.2. The van der Waals surface area contributed by atoms with Crippen LogP contribution < -0.4 is 0 Å². The van der Waals surface area contributed by atoms with Gasteiger partial charge in [0, 0.05) is 5.56 Å². The number of aromatic nitrogens is 2. The van der Waals surface area contributed by atoms with Gasteiger partial charge in [-0.05, 0) is 12.1 Å². The Kier molecular flexibility index (Phi) is 3.77. The zero-order chi connectivity index (χ0) is 12.1. The van der Waals surface area contributed by atoms with Crippen molar-refractivity contribution in [3.63, 3.8) is 0 Å². The van der Waals surface area contributed by atoms with Crippen molar-refractivity contribution in [2.45, 2.75) is 5.22 Å². The Hall–Kier alpha value is -1.82. The van der Waals surface area contributed by atoms with Gasteiger partial charge >= 0.3 is 5.97 Å². The molecule has 0 aliphatic heterocycles. The third-order valence-electron chi connectivity index (χ3n) is 1.97. The van der Waals surface area contributed by atoms with Gasteiger partial charge in [-0.2, -0.15) is 0 Å². The van der Waals surface area contributed by atoms with Crippen LogP contribution in [0.4, 0.5) is 0 Å². The van der Waals surface area contributed by atoms with Gasteiger partial charge in [-0.3, -0.25) is 4.79 Å². The van der Waals surface area contributed by atoms with Crippen LogP contribution in [0.2, 0.25) is 0 Å². The van der Waals surface area contributed by atoms with Crippen molar-refractivity contribution in [2.24, 2.45) is 0 Å². The van der Waals surface area contributed by atoms with Gasteiger partial charge in [-0.1, -0.05) is 30.0 Å². The highest BCUT2D eigenvalue weighted by Crippen LogP contribution is 2.22. The Bertz CT molecular complexity index is 498. The van der Waals surface area contributed by atoms with Crippen LogP contribution in [0, 0.1) is 0 Å². The number of carbonyl (C=O) groups is 1. The van der Waals surface area contributed by atoms with E-state index in [-0.39, 0.29) is 11.7 Å². The molecular weight excluding hydrogens is 240 g/mol. The van der Waals surface area contributed by atoms with Crippen LogP contribution in [-0.4, -0.2) is 29.0 Å². The van der Waals surface area contributed by atoms with Crippen molar-refractivity contribution in [3.8, 4) is 11.5 Å². The lowest BCUT2D eigenvalue weighted by Gasteiger charge is -1.94. The Morgan fingerprint density at radius 1 is 1.35 bits per heavy atom. The molecule has 2 rings (SSSR count). The summed E-state index contributed by atoms with van der Waals surface area (Å²) in [5.41, 5.74) is 0.852. The maximum Gasteiger partial charge on any atom is 0.316 e. The molecule has 1 aromatic heterocycles. The maximum absolute atomic E-state index is 10.9. The molecule has 6 heteroatoms. The Morgan fingerprint density at radius 2 is 2.12 bits per heavy atom. The first-order valence-electron chi connectivity index (χ1n) is 4.88. The van der Waals surface area contributed by atoms with Gasteiger partial charge < -0.3 is 9.15 Å². The van der Waals surface area contributed by atoms with Gasteiger partial charge in [0.05, 0.1) is 7.11 Å². The summed E-state index contributed by atoms with van der Waals surface area (Å²) in [5, 5.41) is 8.09. The molecule has 0 saturated carbocycles. The molecule has 5 nitrogen and oxygen atoms in total. The predicted molar refractivity (Wildman–Crippen MR) is 62.5 cm³/mol. The van der Waals surface area contributed by atoms with Gasteiger partial charge in [0.2, 0.25) is 5.89 Å². The van der Waals surface area contributed by atoms with E-state index >= 15 is 0 Å². The lowest BCUT2D eigenvalue weighted by atomic mass is 10.2. The van der Waals surface area contributed by atoms with Gasteiger partial charge in [0.15, 0.2) is 0 Å². The molecule has 0 N–H and O–H groups in total. The average Bonchev–Trinajstić information content (AvgIpc) is 2.86. The molecule has 0 spiro atoms. The molecule has 1 heterocycles. The number of methoxy groups -OCH3 is 1. The molecule has 0 bridgehead atoms. The average molecular weight is 250 g/mol. The highest BCUT2D eigenvalue weighted by Gasteiger charge is 2.10. The first-order chi connectivity index (χ1) is 8.29. The highest BCUT2D eigenvalue weighted by atomic mass is 32.2. The van der Waals surface area contributed by atoms with Gasteiger partial charge in [0.25, 0.3) is 5.22 Å². The van der Waals surface area contributed by atoms with Gasteiger partial charge in [-0.15, -0.1) is 10.2 Å². The first kappa shape index (κ1) is 11.7. The number of esters is 1. The van der Waals surface area contributed by atoms with E-state index in [2.05, 4.69) is 14.9 Å². The number of benzene rings is 1. The number of ether oxygens (including phenoxy) is 1. The molecule has 0 fully saturated rings. The molecule has 0 radical (unpaired) electrons. The van der Waals surface area contributed by atoms with E-state index < -0.39 is 0 Å².